The molecule has 1 atom stereocenters. The van der Waals surface area contributed by atoms with E-state index < -0.39 is 0 Å². The van der Waals surface area contributed by atoms with Gasteiger partial charge in [0.2, 0.25) is 0 Å². The number of hydrogen-bond donors (Lipinski definition) is 0. The Kier molecular flexibility index (Phi) is 4.14. The quantitative estimate of drug-likeness (QED) is 0.866. The maximum Gasteiger partial charge on any atom is 0.161 e. The molecule has 1 aromatic heterocycles. The average Bonchev–Trinajstić information content (AvgIpc) is 2.93. The molecule has 1 saturated heterocycles. The van der Waals surface area contributed by atoms with Crippen LogP contribution < -0.4 is 9.47 Å². The van der Waals surface area contributed by atoms with Crippen LogP contribution in [-0.2, 0) is 6.54 Å². The number of rotatable bonds is 3. The minimum absolute atomic E-state index is 0.414. The number of likely N-dealkylation sites (tertiary alicyclic amines) is 1. The summed E-state index contributed by atoms with van der Waals surface area (Å²) in [6, 6.07) is 6.69. The highest BCUT2D eigenvalue weighted by Gasteiger charge is 2.24. The Morgan fingerprint density at radius 2 is 2.00 bits per heavy atom. The molecule has 6 heteroatoms. The monoisotopic (exact) mass is 328 g/mol. The highest BCUT2D eigenvalue weighted by atomic mass is 16.6. The lowest BCUT2D eigenvalue weighted by Gasteiger charge is -2.33. The molecule has 0 N–H and O–H groups in total. The normalized spacial score (nSPS) is 21.0. The first-order chi connectivity index (χ1) is 11.7. The molecule has 0 spiro atoms. The lowest BCUT2D eigenvalue weighted by Crippen LogP contribution is -2.36. The molecule has 6 nitrogen and oxygen atoms in total. The van der Waals surface area contributed by atoms with E-state index in [2.05, 4.69) is 31.8 Å². The maximum atomic E-state index is 5.70. The molecule has 1 fully saturated rings. The van der Waals surface area contributed by atoms with Crippen molar-refractivity contribution in [1.82, 2.24) is 19.7 Å². The van der Waals surface area contributed by atoms with Crippen LogP contribution in [0.3, 0.4) is 0 Å². The summed E-state index contributed by atoms with van der Waals surface area (Å²) >= 11 is 0. The van der Waals surface area contributed by atoms with Crippen molar-refractivity contribution >= 4 is 0 Å². The van der Waals surface area contributed by atoms with Crippen LogP contribution in [0.25, 0.3) is 0 Å². The van der Waals surface area contributed by atoms with Crippen LogP contribution in [0.4, 0.5) is 0 Å². The van der Waals surface area contributed by atoms with Crippen molar-refractivity contribution in [2.24, 2.45) is 0 Å². The highest BCUT2D eigenvalue weighted by molar-refractivity contribution is 5.43. The van der Waals surface area contributed by atoms with Crippen molar-refractivity contribution in [3.63, 3.8) is 0 Å². The molecule has 2 aliphatic rings. The van der Waals surface area contributed by atoms with Gasteiger partial charge in [-0.2, -0.15) is 5.10 Å². The zero-order valence-corrected chi connectivity index (χ0v) is 14.4. The second-order valence-corrected chi connectivity index (χ2v) is 6.66. The standard InChI is InChI=1S/C18H24N4O2/c1-13-19-14(2)22(20-13)16-4-3-7-21(12-16)11-15-5-6-17-18(10-15)24-9-8-23-17/h5-6,10,16H,3-4,7-9,11-12H2,1-2H3. The number of piperidine rings is 1. The second kappa shape index (κ2) is 6.43. The molecule has 0 aliphatic carbocycles. The SMILES string of the molecule is Cc1nc(C)n(C2CCCN(Cc3ccc4c(c3)OCCO4)C2)n1. The molecule has 3 heterocycles. The second-order valence-electron chi connectivity index (χ2n) is 6.66. The first-order valence-electron chi connectivity index (χ1n) is 8.69. The molecular weight excluding hydrogens is 304 g/mol. The zero-order chi connectivity index (χ0) is 16.5. The Morgan fingerprint density at radius 1 is 1.17 bits per heavy atom. The van der Waals surface area contributed by atoms with E-state index in [-0.39, 0.29) is 0 Å². The number of aromatic nitrogens is 3. The Hall–Kier alpha value is -2.08. The fourth-order valence-electron chi connectivity index (χ4n) is 3.70. The predicted octanol–water partition coefficient (Wildman–Crippen LogP) is 2.50. The molecule has 0 radical (unpaired) electrons. The van der Waals surface area contributed by atoms with Crippen LogP contribution in [0.15, 0.2) is 18.2 Å². The number of hydrogen-bond acceptors (Lipinski definition) is 5. The molecule has 128 valence electrons. The van der Waals surface area contributed by atoms with E-state index in [4.69, 9.17) is 9.47 Å². The minimum atomic E-state index is 0.414. The van der Waals surface area contributed by atoms with Crippen molar-refractivity contribution < 1.29 is 9.47 Å². The molecule has 1 unspecified atom stereocenters. The summed E-state index contributed by atoms with van der Waals surface area (Å²) in [4.78, 5) is 6.94. The smallest absolute Gasteiger partial charge is 0.161 e. The third kappa shape index (κ3) is 3.11. The van der Waals surface area contributed by atoms with Crippen molar-refractivity contribution in [3.8, 4) is 11.5 Å². The van der Waals surface area contributed by atoms with Gasteiger partial charge in [0.1, 0.15) is 24.9 Å². The summed E-state index contributed by atoms with van der Waals surface area (Å²) in [5, 5.41) is 4.58. The van der Waals surface area contributed by atoms with E-state index in [0.29, 0.717) is 19.3 Å². The number of ether oxygens (including phenoxy) is 2. The Labute approximate surface area is 142 Å². The van der Waals surface area contributed by atoms with Crippen molar-refractivity contribution in [1.29, 1.82) is 0 Å². The number of fused-ring (bicyclic) bond motifs is 1. The van der Waals surface area contributed by atoms with Gasteiger partial charge in [-0.25, -0.2) is 9.67 Å². The van der Waals surface area contributed by atoms with E-state index in [0.717, 1.165) is 42.8 Å². The van der Waals surface area contributed by atoms with Crippen LogP contribution in [0.5, 0.6) is 11.5 Å². The maximum absolute atomic E-state index is 5.70. The van der Waals surface area contributed by atoms with Crippen molar-refractivity contribution in [3.05, 3.63) is 35.4 Å². The summed E-state index contributed by atoms with van der Waals surface area (Å²) < 4.78 is 13.4. The molecular formula is C18H24N4O2. The third-order valence-corrected chi connectivity index (χ3v) is 4.75. The van der Waals surface area contributed by atoms with Gasteiger partial charge in [0.15, 0.2) is 11.5 Å². The van der Waals surface area contributed by atoms with Crippen LogP contribution in [0, 0.1) is 13.8 Å². The molecule has 4 rings (SSSR count). The minimum Gasteiger partial charge on any atom is -0.486 e. The highest BCUT2D eigenvalue weighted by Crippen LogP contribution is 2.32. The third-order valence-electron chi connectivity index (χ3n) is 4.75. The molecule has 0 saturated carbocycles. The van der Waals surface area contributed by atoms with E-state index in [9.17, 15) is 0 Å². The Morgan fingerprint density at radius 3 is 2.79 bits per heavy atom. The van der Waals surface area contributed by atoms with Gasteiger partial charge in [0.25, 0.3) is 0 Å². The molecule has 24 heavy (non-hydrogen) atoms. The van der Waals surface area contributed by atoms with Crippen LogP contribution >= 0.6 is 0 Å². The molecule has 0 amide bonds. The van der Waals surface area contributed by atoms with Gasteiger partial charge in [-0.15, -0.1) is 0 Å². The number of benzene rings is 1. The van der Waals surface area contributed by atoms with Gasteiger partial charge < -0.3 is 9.47 Å². The van der Waals surface area contributed by atoms with Crippen LogP contribution in [-0.4, -0.2) is 46.0 Å². The van der Waals surface area contributed by atoms with Gasteiger partial charge in [0.05, 0.1) is 6.04 Å². The largest absolute Gasteiger partial charge is 0.486 e. The van der Waals surface area contributed by atoms with E-state index in [1.807, 2.05) is 19.9 Å². The number of aryl methyl sites for hydroxylation is 2. The molecule has 1 aromatic carbocycles. The van der Waals surface area contributed by atoms with Gasteiger partial charge in [-0.1, -0.05) is 6.07 Å². The summed E-state index contributed by atoms with van der Waals surface area (Å²) in [6.07, 6.45) is 2.36. The van der Waals surface area contributed by atoms with Crippen LogP contribution in [0.2, 0.25) is 0 Å². The van der Waals surface area contributed by atoms with Gasteiger partial charge in [-0.3, -0.25) is 4.90 Å². The summed E-state index contributed by atoms with van der Waals surface area (Å²) in [6.45, 7) is 8.33. The fourth-order valence-corrected chi connectivity index (χ4v) is 3.70. The molecule has 0 bridgehead atoms. The molecule has 2 aliphatic heterocycles. The Balaban J connectivity index is 1.46. The van der Waals surface area contributed by atoms with Gasteiger partial charge in [-0.05, 0) is 50.9 Å². The first-order valence-corrected chi connectivity index (χ1v) is 8.69. The van der Waals surface area contributed by atoms with Gasteiger partial charge >= 0.3 is 0 Å². The number of nitrogens with zero attached hydrogens (tertiary/aromatic N) is 4. The summed E-state index contributed by atoms with van der Waals surface area (Å²) in [7, 11) is 0. The zero-order valence-electron chi connectivity index (χ0n) is 14.4. The lowest BCUT2D eigenvalue weighted by atomic mass is 10.0. The van der Waals surface area contributed by atoms with E-state index in [1.54, 1.807) is 0 Å². The van der Waals surface area contributed by atoms with E-state index in [1.165, 1.54) is 18.4 Å². The predicted molar refractivity (Wildman–Crippen MR) is 90.5 cm³/mol. The topological polar surface area (TPSA) is 52.4 Å². The average molecular weight is 328 g/mol. The van der Waals surface area contributed by atoms with E-state index >= 15 is 0 Å². The Bertz CT molecular complexity index is 728. The van der Waals surface area contributed by atoms with Gasteiger partial charge in [0, 0.05) is 13.1 Å². The molecule has 2 aromatic rings. The summed E-state index contributed by atoms with van der Waals surface area (Å²) in [5.41, 5.74) is 1.27. The fraction of sp³-hybridized carbons (Fsp3) is 0.556. The lowest BCUT2D eigenvalue weighted by molar-refractivity contribution is 0.159. The van der Waals surface area contributed by atoms with Crippen molar-refractivity contribution in [2.75, 3.05) is 26.3 Å². The van der Waals surface area contributed by atoms with Crippen molar-refractivity contribution in [2.45, 2.75) is 39.3 Å². The van der Waals surface area contributed by atoms with Crippen LogP contribution in [0.1, 0.15) is 36.1 Å². The first kappa shape index (κ1) is 15.4. The summed E-state index contributed by atoms with van der Waals surface area (Å²) in [5.74, 6) is 3.60.